The molecule has 0 radical (unpaired) electrons. The van der Waals surface area contributed by atoms with Gasteiger partial charge in [0.15, 0.2) is 5.78 Å². The standard InChI is InChI=1S/C19H26O2/c1-18-8-3-2-4-12(18)10-15(20)17-13(18)7-9-19-11-21-16(19)6-5-14(17)19/h10,13-14,16-17H,2-9,11H2,1H3/t13-,14-,16?,17+,18-,19+/m0/s1. The van der Waals surface area contributed by atoms with Gasteiger partial charge in [0.2, 0.25) is 0 Å². The molecule has 1 spiro atoms. The molecule has 6 atom stereocenters. The summed E-state index contributed by atoms with van der Waals surface area (Å²) in [6, 6.07) is 0. The van der Waals surface area contributed by atoms with Gasteiger partial charge in [-0.25, -0.2) is 0 Å². The average Bonchev–Trinajstić information content (AvgIpc) is 2.72. The van der Waals surface area contributed by atoms with Crippen LogP contribution in [0.25, 0.3) is 0 Å². The van der Waals surface area contributed by atoms with Crippen molar-refractivity contribution in [2.75, 3.05) is 6.61 Å². The largest absolute Gasteiger partial charge is 0.377 e. The van der Waals surface area contributed by atoms with E-state index in [0.29, 0.717) is 40.5 Å². The first-order valence-electron chi connectivity index (χ1n) is 9.02. The van der Waals surface area contributed by atoms with E-state index >= 15 is 0 Å². The lowest BCUT2D eigenvalue weighted by Gasteiger charge is -2.60. The first-order valence-corrected chi connectivity index (χ1v) is 9.02. The normalized spacial score (nSPS) is 54.7. The zero-order valence-corrected chi connectivity index (χ0v) is 13.1. The first kappa shape index (κ1) is 12.9. The quantitative estimate of drug-likeness (QED) is 0.675. The number of fused-ring (bicyclic) bond motifs is 4. The zero-order chi connectivity index (χ0) is 14.2. The molecule has 1 saturated heterocycles. The van der Waals surface area contributed by atoms with E-state index in [1.807, 2.05) is 0 Å². The Morgan fingerprint density at radius 1 is 1.14 bits per heavy atom. The number of allylic oxidation sites excluding steroid dienone is 2. The molecule has 5 rings (SSSR count). The van der Waals surface area contributed by atoms with Gasteiger partial charge in [0.25, 0.3) is 0 Å². The molecule has 1 unspecified atom stereocenters. The van der Waals surface area contributed by atoms with Crippen LogP contribution in [0, 0.1) is 28.6 Å². The van der Waals surface area contributed by atoms with Crippen LogP contribution in [0.5, 0.6) is 0 Å². The molecular formula is C19H26O2. The van der Waals surface area contributed by atoms with Crippen LogP contribution in [-0.4, -0.2) is 18.5 Å². The number of carbonyl (C=O) groups is 1. The molecule has 0 N–H and O–H groups in total. The highest BCUT2D eigenvalue weighted by Crippen LogP contribution is 2.67. The maximum Gasteiger partial charge on any atom is 0.159 e. The van der Waals surface area contributed by atoms with Gasteiger partial charge in [-0.3, -0.25) is 4.79 Å². The molecule has 0 aromatic carbocycles. The summed E-state index contributed by atoms with van der Waals surface area (Å²) in [5.41, 5.74) is 2.23. The third-order valence-electron chi connectivity index (χ3n) is 8.05. The summed E-state index contributed by atoms with van der Waals surface area (Å²) in [5, 5.41) is 0. The molecule has 0 bridgehead atoms. The van der Waals surface area contributed by atoms with Crippen LogP contribution in [0.4, 0.5) is 0 Å². The van der Waals surface area contributed by atoms with Crippen LogP contribution >= 0.6 is 0 Å². The van der Waals surface area contributed by atoms with Gasteiger partial charge in [0.1, 0.15) is 0 Å². The van der Waals surface area contributed by atoms with Gasteiger partial charge in [-0.15, -0.1) is 0 Å². The molecule has 4 fully saturated rings. The minimum atomic E-state index is 0.319. The smallest absolute Gasteiger partial charge is 0.159 e. The summed E-state index contributed by atoms with van der Waals surface area (Å²) in [4.78, 5) is 12.9. The Balaban J connectivity index is 1.58. The van der Waals surface area contributed by atoms with Crippen molar-refractivity contribution in [3.63, 3.8) is 0 Å². The second-order valence-corrected chi connectivity index (χ2v) is 8.58. The lowest BCUT2D eigenvalue weighted by molar-refractivity contribution is -0.217. The van der Waals surface area contributed by atoms with E-state index in [1.165, 1.54) is 56.9 Å². The van der Waals surface area contributed by atoms with Crippen molar-refractivity contribution in [2.24, 2.45) is 28.6 Å². The molecule has 2 nitrogen and oxygen atoms in total. The van der Waals surface area contributed by atoms with Crippen molar-refractivity contribution < 1.29 is 9.53 Å². The number of hydrogen-bond donors (Lipinski definition) is 0. The molecule has 21 heavy (non-hydrogen) atoms. The highest BCUT2D eigenvalue weighted by atomic mass is 16.5. The Labute approximate surface area is 127 Å². The number of rotatable bonds is 0. The number of hydrogen-bond acceptors (Lipinski definition) is 2. The monoisotopic (exact) mass is 286 g/mol. The van der Waals surface area contributed by atoms with Crippen molar-refractivity contribution >= 4 is 5.78 Å². The maximum atomic E-state index is 12.9. The molecule has 2 heteroatoms. The van der Waals surface area contributed by atoms with Crippen molar-refractivity contribution in [3.05, 3.63) is 11.6 Å². The lowest BCUT2D eigenvalue weighted by Crippen LogP contribution is -2.60. The fraction of sp³-hybridized carbons (Fsp3) is 0.842. The van der Waals surface area contributed by atoms with Gasteiger partial charge < -0.3 is 4.74 Å². The highest BCUT2D eigenvalue weighted by Gasteiger charge is 2.66. The maximum absolute atomic E-state index is 12.9. The van der Waals surface area contributed by atoms with E-state index in [-0.39, 0.29) is 0 Å². The van der Waals surface area contributed by atoms with Crippen molar-refractivity contribution in [2.45, 2.75) is 64.4 Å². The number of carbonyl (C=O) groups excluding carboxylic acids is 1. The van der Waals surface area contributed by atoms with Crippen molar-refractivity contribution in [1.29, 1.82) is 0 Å². The summed E-state index contributed by atoms with van der Waals surface area (Å²) < 4.78 is 5.83. The molecule has 0 aromatic heterocycles. The minimum Gasteiger partial charge on any atom is -0.377 e. The lowest BCUT2D eigenvalue weighted by atomic mass is 9.47. The predicted octanol–water partition coefficient (Wildman–Crippen LogP) is 3.90. The Bertz CT molecular complexity index is 536. The van der Waals surface area contributed by atoms with E-state index in [9.17, 15) is 4.79 Å². The van der Waals surface area contributed by atoms with Gasteiger partial charge in [0.05, 0.1) is 12.7 Å². The molecule has 4 aliphatic carbocycles. The molecule has 1 aliphatic heterocycles. The van der Waals surface area contributed by atoms with Crippen LogP contribution in [0.1, 0.15) is 58.3 Å². The summed E-state index contributed by atoms with van der Waals surface area (Å²) in [5.74, 6) is 2.05. The molecule has 1 heterocycles. The Morgan fingerprint density at radius 2 is 2.05 bits per heavy atom. The second-order valence-electron chi connectivity index (χ2n) is 8.58. The van der Waals surface area contributed by atoms with Crippen molar-refractivity contribution in [1.82, 2.24) is 0 Å². The summed E-state index contributed by atoms with van der Waals surface area (Å²) in [6.45, 7) is 3.41. The van der Waals surface area contributed by atoms with Crippen molar-refractivity contribution in [3.8, 4) is 0 Å². The van der Waals surface area contributed by atoms with E-state index < -0.39 is 0 Å². The predicted molar refractivity (Wildman–Crippen MR) is 80.8 cm³/mol. The van der Waals surface area contributed by atoms with Crippen LogP contribution in [0.2, 0.25) is 0 Å². The molecule has 0 amide bonds. The third-order valence-corrected chi connectivity index (χ3v) is 8.05. The second kappa shape index (κ2) is 4.01. The van der Waals surface area contributed by atoms with Gasteiger partial charge in [0, 0.05) is 11.3 Å². The average molecular weight is 286 g/mol. The molecular weight excluding hydrogens is 260 g/mol. The Hall–Kier alpha value is -0.630. The van der Waals surface area contributed by atoms with Crippen LogP contribution < -0.4 is 0 Å². The number of ether oxygens (including phenoxy) is 1. The number of ketones is 1. The fourth-order valence-corrected chi connectivity index (χ4v) is 6.88. The summed E-state index contributed by atoms with van der Waals surface area (Å²) in [7, 11) is 0. The van der Waals surface area contributed by atoms with E-state index in [2.05, 4.69) is 13.0 Å². The Kier molecular flexibility index (Phi) is 2.46. The summed E-state index contributed by atoms with van der Waals surface area (Å²) in [6.07, 6.45) is 12.7. The fourth-order valence-electron chi connectivity index (χ4n) is 6.88. The van der Waals surface area contributed by atoms with E-state index in [4.69, 9.17) is 4.74 Å². The topological polar surface area (TPSA) is 26.3 Å². The van der Waals surface area contributed by atoms with E-state index in [1.54, 1.807) is 0 Å². The first-order chi connectivity index (χ1) is 10.2. The zero-order valence-electron chi connectivity index (χ0n) is 13.1. The minimum absolute atomic E-state index is 0.319. The Morgan fingerprint density at radius 3 is 2.86 bits per heavy atom. The van der Waals surface area contributed by atoms with Gasteiger partial charge >= 0.3 is 0 Å². The third kappa shape index (κ3) is 1.41. The van der Waals surface area contributed by atoms with E-state index in [0.717, 1.165) is 6.61 Å². The highest BCUT2D eigenvalue weighted by molar-refractivity contribution is 5.94. The van der Waals surface area contributed by atoms with Crippen LogP contribution in [0.3, 0.4) is 0 Å². The SMILES string of the molecule is C[C@]12CCCCC1=CC(=O)[C@H]1[C@@H]3CCC4OC[C@@]43CC[C@@H]12. The molecule has 5 aliphatic rings. The molecule has 114 valence electrons. The van der Waals surface area contributed by atoms with Crippen LogP contribution in [-0.2, 0) is 9.53 Å². The molecule has 3 saturated carbocycles. The van der Waals surface area contributed by atoms with Gasteiger partial charge in [-0.05, 0) is 68.3 Å². The summed E-state index contributed by atoms with van der Waals surface area (Å²) >= 11 is 0. The van der Waals surface area contributed by atoms with Gasteiger partial charge in [-0.1, -0.05) is 18.9 Å². The van der Waals surface area contributed by atoms with Crippen LogP contribution in [0.15, 0.2) is 11.6 Å². The molecule has 0 aromatic rings. The van der Waals surface area contributed by atoms with Gasteiger partial charge in [-0.2, -0.15) is 0 Å².